The Morgan fingerprint density at radius 3 is 2.28 bits per heavy atom. The lowest BCUT2D eigenvalue weighted by Gasteiger charge is -2.00. The molecule has 0 unspecified atom stereocenters. The van der Waals surface area contributed by atoms with Crippen molar-refractivity contribution in [2.24, 2.45) is 5.10 Å². The van der Waals surface area contributed by atoms with Gasteiger partial charge >= 0.3 is 0 Å². The normalized spacial score (nSPS) is 10.8. The molecule has 92 valence electrons. The number of benzene rings is 2. The van der Waals surface area contributed by atoms with E-state index in [0.717, 1.165) is 12.3 Å². The zero-order chi connectivity index (χ0) is 13.0. The third kappa shape index (κ3) is 2.88. The summed E-state index contributed by atoms with van der Waals surface area (Å²) in [5.74, 6) is -3.20. The van der Waals surface area contributed by atoms with E-state index in [2.05, 4.69) is 10.5 Å². The van der Waals surface area contributed by atoms with Crippen LogP contribution in [-0.4, -0.2) is 6.21 Å². The molecule has 1 N–H and O–H groups in total. The van der Waals surface area contributed by atoms with Gasteiger partial charge in [-0.1, -0.05) is 18.2 Å². The molecule has 0 aliphatic rings. The lowest BCUT2D eigenvalue weighted by molar-refractivity contribution is 0.494. The van der Waals surface area contributed by atoms with Crippen LogP contribution in [0.3, 0.4) is 0 Å². The van der Waals surface area contributed by atoms with E-state index in [0.29, 0.717) is 11.8 Å². The lowest BCUT2D eigenvalue weighted by atomic mass is 10.2. The third-order valence-electron chi connectivity index (χ3n) is 2.21. The number of nitrogens with one attached hydrogen (secondary N) is 1. The molecule has 0 amide bonds. The first-order valence-corrected chi connectivity index (χ1v) is 5.15. The molecule has 0 radical (unpaired) electrons. The average Bonchev–Trinajstić information content (AvgIpc) is 2.37. The molecule has 0 saturated heterocycles. The molecular weight excluding hydrogens is 241 g/mol. The highest BCUT2D eigenvalue weighted by molar-refractivity contribution is 5.80. The van der Waals surface area contributed by atoms with Crippen molar-refractivity contribution < 1.29 is 13.2 Å². The van der Waals surface area contributed by atoms with E-state index in [1.54, 1.807) is 24.3 Å². The first-order valence-electron chi connectivity index (χ1n) is 5.15. The summed E-state index contributed by atoms with van der Waals surface area (Å²) >= 11 is 0. The fourth-order valence-corrected chi connectivity index (χ4v) is 1.33. The van der Waals surface area contributed by atoms with Crippen LogP contribution in [-0.2, 0) is 0 Å². The van der Waals surface area contributed by atoms with Crippen LogP contribution in [0.25, 0.3) is 0 Å². The van der Waals surface area contributed by atoms with Gasteiger partial charge in [-0.15, -0.1) is 0 Å². The maximum Gasteiger partial charge on any atom is 0.161 e. The Morgan fingerprint density at radius 1 is 0.889 bits per heavy atom. The molecule has 0 atom stereocenters. The molecule has 2 rings (SSSR count). The minimum absolute atomic E-state index is 0.127. The van der Waals surface area contributed by atoms with Gasteiger partial charge in [0.1, 0.15) is 5.82 Å². The SMILES string of the molecule is Fc1cc(F)c(C=NNc2ccccc2)cc1F. The second kappa shape index (κ2) is 5.35. The van der Waals surface area contributed by atoms with Crippen LogP contribution >= 0.6 is 0 Å². The number of rotatable bonds is 3. The van der Waals surface area contributed by atoms with E-state index in [1.807, 2.05) is 6.07 Å². The summed E-state index contributed by atoms with van der Waals surface area (Å²) in [5.41, 5.74) is 3.22. The van der Waals surface area contributed by atoms with Crippen molar-refractivity contribution in [2.75, 3.05) is 5.43 Å². The maximum atomic E-state index is 13.2. The smallest absolute Gasteiger partial charge is 0.161 e. The highest BCUT2D eigenvalue weighted by atomic mass is 19.2. The van der Waals surface area contributed by atoms with E-state index in [1.165, 1.54) is 0 Å². The fraction of sp³-hybridized carbons (Fsp3) is 0. The summed E-state index contributed by atoms with van der Waals surface area (Å²) in [6.07, 6.45) is 1.09. The van der Waals surface area contributed by atoms with Gasteiger partial charge in [0.2, 0.25) is 0 Å². The van der Waals surface area contributed by atoms with E-state index in [9.17, 15) is 13.2 Å². The summed E-state index contributed by atoms with van der Waals surface area (Å²) in [6.45, 7) is 0. The molecule has 0 spiro atoms. The van der Waals surface area contributed by atoms with Gasteiger partial charge in [0.25, 0.3) is 0 Å². The molecule has 2 aromatic rings. The van der Waals surface area contributed by atoms with E-state index in [-0.39, 0.29) is 5.56 Å². The molecule has 5 heteroatoms. The minimum atomic E-state index is -1.22. The van der Waals surface area contributed by atoms with Gasteiger partial charge < -0.3 is 0 Å². The average molecular weight is 250 g/mol. The van der Waals surface area contributed by atoms with E-state index in [4.69, 9.17) is 0 Å². The number of hydrogen-bond donors (Lipinski definition) is 1. The predicted molar refractivity (Wildman–Crippen MR) is 64.0 cm³/mol. The predicted octanol–water partition coefficient (Wildman–Crippen LogP) is 3.55. The number of anilines is 1. The fourth-order valence-electron chi connectivity index (χ4n) is 1.33. The van der Waals surface area contributed by atoms with Gasteiger partial charge in [-0.3, -0.25) is 5.43 Å². The Bertz CT molecular complexity index is 568. The number of hydrogen-bond acceptors (Lipinski definition) is 2. The van der Waals surface area contributed by atoms with Crippen molar-refractivity contribution in [1.29, 1.82) is 0 Å². The summed E-state index contributed by atoms with van der Waals surface area (Å²) in [5, 5.41) is 3.74. The van der Waals surface area contributed by atoms with Crippen LogP contribution in [0.4, 0.5) is 18.9 Å². The molecule has 0 heterocycles. The standard InChI is InChI=1S/C13H9F3N2/c14-11-7-13(16)12(15)6-9(11)8-17-18-10-4-2-1-3-5-10/h1-8,18H. The van der Waals surface area contributed by atoms with Gasteiger partial charge in [0.15, 0.2) is 11.6 Å². The van der Waals surface area contributed by atoms with E-state index >= 15 is 0 Å². The highest BCUT2D eigenvalue weighted by Gasteiger charge is 2.07. The summed E-state index contributed by atoms with van der Waals surface area (Å²) in [4.78, 5) is 0. The molecule has 0 bridgehead atoms. The Kier molecular flexibility index (Phi) is 3.62. The van der Waals surface area contributed by atoms with Crippen molar-refractivity contribution in [3.8, 4) is 0 Å². The van der Waals surface area contributed by atoms with Gasteiger partial charge in [0, 0.05) is 11.6 Å². The maximum absolute atomic E-state index is 13.2. The van der Waals surface area contributed by atoms with Crippen molar-refractivity contribution in [2.45, 2.75) is 0 Å². The van der Waals surface area contributed by atoms with E-state index < -0.39 is 17.5 Å². The molecule has 2 aromatic carbocycles. The van der Waals surface area contributed by atoms with Crippen molar-refractivity contribution in [3.05, 3.63) is 65.5 Å². The van der Waals surface area contributed by atoms with Gasteiger partial charge in [-0.05, 0) is 18.2 Å². The molecule has 18 heavy (non-hydrogen) atoms. The largest absolute Gasteiger partial charge is 0.279 e. The number of nitrogens with zero attached hydrogens (tertiary/aromatic N) is 1. The molecular formula is C13H9F3N2. The molecule has 0 fully saturated rings. The monoisotopic (exact) mass is 250 g/mol. The molecule has 0 aromatic heterocycles. The minimum Gasteiger partial charge on any atom is -0.279 e. The topological polar surface area (TPSA) is 24.4 Å². The summed E-state index contributed by atoms with van der Waals surface area (Å²) < 4.78 is 38.8. The summed E-state index contributed by atoms with van der Waals surface area (Å²) in [7, 11) is 0. The second-order valence-electron chi connectivity index (χ2n) is 3.52. The Hall–Kier alpha value is -2.30. The van der Waals surface area contributed by atoms with Crippen molar-refractivity contribution >= 4 is 11.9 Å². The Labute approximate surface area is 102 Å². The number of halogens is 3. The summed E-state index contributed by atoms with van der Waals surface area (Å²) in [6, 6.07) is 10.2. The van der Waals surface area contributed by atoms with Gasteiger partial charge in [0.05, 0.1) is 11.9 Å². The van der Waals surface area contributed by atoms with Crippen molar-refractivity contribution in [3.63, 3.8) is 0 Å². The zero-order valence-corrected chi connectivity index (χ0v) is 9.20. The molecule has 0 saturated carbocycles. The molecule has 0 aliphatic heterocycles. The zero-order valence-electron chi connectivity index (χ0n) is 9.20. The highest BCUT2D eigenvalue weighted by Crippen LogP contribution is 2.12. The molecule has 0 aliphatic carbocycles. The quantitative estimate of drug-likeness (QED) is 0.503. The first-order chi connectivity index (χ1) is 8.66. The lowest BCUT2D eigenvalue weighted by Crippen LogP contribution is -1.96. The third-order valence-corrected chi connectivity index (χ3v) is 2.21. The van der Waals surface area contributed by atoms with Crippen molar-refractivity contribution in [1.82, 2.24) is 0 Å². The second-order valence-corrected chi connectivity index (χ2v) is 3.52. The van der Waals surface area contributed by atoms with Crippen LogP contribution < -0.4 is 5.43 Å². The molecule has 2 nitrogen and oxygen atoms in total. The first kappa shape index (κ1) is 12.2. The number of para-hydroxylation sites is 1. The van der Waals surface area contributed by atoms with Crippen LogP contribution in [0.1, 0.15) is 5.56 Å². The van der Waals surface area contributed by atoms with Crippen LogP contribution in [0.15, 0.2) is 47.6 Å². The Balaban J connectivity index is 2.12. The van der Waals surface area contributed by atoms with Crippen LogP contribution in [0.5, 0.6) is 0 Å². The van der Waals surface area contributed by atoms with Gasteiger partial charge in [-0.25, -0.2) is 13.2 Å². The van der Waals surface area contributed by atoms with Gasteiger partial charge in [-0.2, -0.15) is 5.10 Å². The van der Waals surface area contributed by atoms with Crippen LogP contribution in [0, 0.1) is 17.5 Å². The number of hydrazone groups is 1. The van der Waals surface area contributed by atoms with Crippen LogP contribution in [0.2, 0.25) is 0 Å². The Morgan fingerprint density at radius 2 is 1.56 bits per heavy atom.